The van der Waals surface area contributed by atoms with Crippen molar-refractivity contribution in [3.8, 4) is 11.1 Å². The highest BCUT2D eigenvalue weighted by atomic mass is 16.3. The van der Waals surface area contributed by atoms with E-state index in [2.05, 4.69) is 47.6 Å². The molecule has 2 amide bonds. The fourth-order valence-corrected chi connectivity index (χ4v) is 4.82. The number of rotatable bonds is 3. The van der Waals surface area contributed by atoms with Gasteiger partial charge in [-0.3, -0.25) is 0 Å². The summed E-state index contributed by atoms with van der Waals surface area (Å²) in [6.07, 6.45) is 0.904. The maximum Gasteiger partial charge on any atom is 0.318 e. The Labute approximate surface area is 167 Å². The summed E-state index contributed by atoms with van der Waals surface area (Å²) < 4.78 is 0. The molecule has 148 valence electrons. The number of nitrogens with one attached hydrogen (secondary N) is 1. The molecule has 5 nitrogen and oxygen atoms in total. The number of aliphatic hydroxyl groups is 1. The molecule has 0 bridgehead atoms. The van der Waals surface area contributed by atoms with Gasteiger partial charge in [0.25, 0.3) is 0 Å². The topological polar surface area (TPSA) is 55.8 Å². The van der Waals surface area contributed by atoms with Gasteiger partial charge in [-0.15, -0.1) is 0 Å². The van der Waals surface area contributed by atoms with Crippen LogP contribution >= 0.6 is 0 Å². The molecule has 1 fully saturated rings. The quantitative estimate of drug-likeness (QED) is 0.856. The zero-order valence-electron chi connectivity index (χ0n) is 16.8. The summed E-state index contributed by atoms with van der Waals surface area (Å²) in [5.74, 6) is 0.228. The lowest BCUT2D eigenvalue weighted by Crippen LogP contribution is -2.50. The van der Waals surface area contributed by atoms with E-state index >= 15 is 0 Å². The Morgan fingerprint density at radius 3 is 2.61 bits per heavy atom. The van der Waals surface area contributed by atoms with Crippen LogP contribution in [0.15, 0.2) is 48.5 Å². The predicted octanol–water partition coefficient (Wildman–Crippen LogP) is 3.65. The van der Waals surface area contributed by atoms with E-state index in [1.807, 2.05) is 36.9 Å². The summed E-state index contributed by atoms with van der Waals surface area (Å²) in [4.78, 5) is 17.0. The number of aliphatic hydroxyl groups excluding tert-OH is 1. The van der Waals surface area contributed by atoms with Gasteiger partial charge < -0.3 is 20.2 Å². The van der Waals surface area contributed by atoms with Crippen LogP contribution in [0.4, 0.5) is 10.5 Å². The average molecular weight is 380 g/mol. The fourth-order valence-electron chi connectivity index (χ4n) is 4.82. The molecule has 2 aliphatic heterocycles. The normalized spacial score (nSPS) is 23.5. The molecule has 2 aromatic carbocycles. The number of carbonyl (C=O) groups is 1. The Bertz CT molecular complexity index is 852. The van der Waals surface area contributed by atoms with Gasteiger partial charge in [0.15, 0.2) is 0 Å². The SMILES string of the molecule is CC(C)NC(=O)N1CC[C@@H]2[C@H]1c1cc(-c3ccccc3)ccc1N(C)[C@H]2CO. The van der Waals surface area contributed by atoms with Gasteiger partial charge >= 0.3 is 6.03 Å². The lowest BCUT2D eigenvalue weighted by atomic mass is 9.81. The molecule has 0 saturated carbocycles. The third-order valence-electron chi connectivity index (χ3n) is 6.13. The first kappa shape index (κ1) is 18.8. The van der Waals surface area contributed by atoms with Crippen molar-refractivity contribution in [2.24, 2.45) is 5.92 Å². The molecule has 0 aliphatic carbocycles. The minimum atomic E-state index is -0.0141. The van der Waals surface area contributed by atoms with Crippen molar-refractivity contribution in [1.29, 1.82) is 0 Å². The Morgan fingerprint density at radius 2 is 1.93 bits per heavy atom. The molecule has 2 heterocycles. The van der Waals surface area contributed by atoms with Crippen molar-refractivity contribution >= 4 is 11.7 Å². The average Bonchev–Trinajstić information content (AvgIpc) is 3.13. The smallest absolute Gasteiger partial charge is 0.318 e. The number of fused-ring (bicyclic) bond motifs is 3. The van der Waals surface area contributed by atoms with E-state index in [1.165, 1.54) is 11.1 Å². The van der Waals surface area contributed by atoms with Crippen molar-refractivity contribution in [1.82, 2.24) is 10.2 Å². The number of carbonyl (C=O) groups excluding carboxylic acids is 1. The van der Waals surface area contributed by atoms with Crippen LogP contribution in [0, 0.1) is 5.92 Å². The molecule has 2 aromatic rings. The number of hydrogen-bond donors (Lipinski definition) is 2. The largest absolute Gasteiger partial charge is 0.394 e. The minimum Gasteiger partial charge on any atom is -0.394 e. The maximum absolute atomic E-state index is 12.9. The van der Waals surface area contributed by atoms with Crippen molar-refractivity contribution in [2.75, 3.05) is 25.1 Å². The van der Waals surface area contributed by atoms with Crippen molar-refractivity contribution in [2.45, 2.75) is 38.4 Å². The van der Waals surface area contributed by atoms with Gasteiger partial charge in [-0.05, 0) is 49.1 Å². The molecule has 0 spiro atoms. The second-order valence-electron chi connectivity index (χ2n) is 8.20. The summed E-state index contributed by atoms with van der Waals surface area (Å²) in [6.45, 7) is 4.78. The van der Waals surface area contributed by atoms with Crippen LogP contribution in [0.25, 0.3) is 11.1 Å². The van der Waals surface area contributed by atoms with Gasteiger partial charge in [0.1, 0.15) is 0 Å². The highest BCUT2D eigenvalue weighted by molar-refractivity contribution is 5.77. The zero-order chi connectivity index (χ0) is 19.8. The summed E-state index contributed by atoms with van der Waals surface area (Å²) in [6, 6.07) is 16.9. The second-order valence-corrected chi connectivity index (χ2v) is 8.20. The maximum atomic E-state index is 12.9. The molecule has 0 radical (unpaired) electrons. The molecule has 4 rings (SSSR count). The Kier molecular flexibility index (Phi) is 5.02. The Morgan fingerprint density at radius 1 is 1.18 bits per heavy atom. The number of anilines is 1. The molecule has 3 atom stereocenters. The first-order chi connectivity index (χ1) is 13.5. The van der Waals surface area contributed by atoms with E-state index in [9.17, 15) is 9.90 Å². The van der Waals surface area contributed by atoms with Crippen LogP contribution in [0.5, 0.6) is 0 Å². The number of hydrogen-bond acceptors (Lipinski definition) is 3. The first-order valence-corrected chi connectivity index (χ1v) is 10.1. The van der Waals surface area contributed by atoms with E-state index < -0.39 is 0 Å². The molecule has 2 aliphatic rings. The van der Waals surface area contributed by atoms with Crippen LogP contribution < -0.4 is 10.2 Å². The van der Waals surface area contributed by atoms with Crippen molar-refractivity contribution in [3.63, 3.8) is 0 Å². The lowest BCUT2D eigenvalue weighted by Gasteiger charge is -2.44. The molecule has 0 aromatic heterocycles. The van der Waals surface area contributed by atoms with Gasteiger partial charge in [0.2, 0.25) is 0 Å². The summed E-state index contributed by atoms with van der Waals surface area (Å²) in [7, 11) is 2.05. The third-order valence-corrected chi connectivity index (χ3v) is 6.13. The van der Waals surface area contributed by atoms with Crippen molar-refractivity contribution < 1.29 is 9.90 Å². The molecule has 5 heteroatoms. The van der Waals surface area contributed by atoms with Crippen LogP contribution in [0.3, 0.4) is 0 Å². The molecular formula is C23H29N3O2. The van der Waals surface area contributed by atoms with E-state index in [0.29, 0.717) is 6.54 Å². The van der Waals surface area contributed by atoms with E-state index in [4.69, 9.17) is 0 Å². The molecule has 1 saturated heterocycles. The number of urea groups is 1. The Hall–Kier alpha value is -2.53. The fraction of sp³-hybridized carbons (Fsp3) is 0.435. The second kappa shape index (κ2) is 7.47. The lowest BCUT2D eigenvalue weighted by molar-refractivity contribution is 0.159. The number of amides is 2. The van der Waals surface area contributed by atoms with E-state index in [0.717, 1.165) is 17.7 Å². The highest BCUT2D eigenvalue weighted by Gasteiger charge is 2.47. The van der Waals surface area contributed by atoms with Gasteiger partial charge in [0, 0.05) is 31.2 Å². The summed E-state index contributed by atoms with van der Waals surface area (Å²) in [5, 5.41) is 13.1. The van der Waals surface area contributed by atoms with E-state index in [1.54, 1.807) is 0 Å². The number of likely N-dealkylation sites (N-methyl/N-ethyl adjacent to an activating group) is 1. The zero-order valence-corrected chi connectivity index (χ0v) is 16.8. The van der Waals surface area contributed by atoms with Gasteiger partial charge in [-0.1, -0.05) is 36.4 Å². The summed E-state index contributed by atoms with van der Waals surface area (Å²) in [5.41, 5.74) is 4.61. The van der Waals surface area contributed by atoms with Crippen LogP contribution in [0.1, 0.15) is 31.9 Å². The molecule has 0 unspecified atom stereocenters. The van der Waals surface area contributed by atoms with Crippen molar-refractivity contribution in [3.05, 3.63) is 54.1 Å². The molecular weight excluding hydrogens is 350 g/mol. The number of benzene rings is 2. The Balaban J connectivity index is 1.79. The third kappa shape index (κ3) is 3.14. The van der Waals surface area contributed by atoms with Gasteiger partial charge in [-0.25, -0.2) is 4.79 Å². The van der Waals surface area contributed by atoms with Gasteiger partial charge in [0.05, 0.1) is 18.7 Å². The van der Waals surface area contributed by atoms with E-state index in [-0.39, 0.29) is 36.7 Å². The number of nitrogens with zero attached hydrogens (tertiary/aromatic N) is 2. The molecule has 2 N–H and O–H groups in total. The monoisotopic (exact) mass is 379 g/mol. The number of likely N-dealkylation sites (tertiary alicyclic amines) is 1. The predicted molar refractivity (Wildman–Crippen MR) is 112 cm³/mol. The van der Waals surface area contributed by atoms with Crippen LogP contribution in [-0.4, -0.2) is 48.3 Å². The van der Waals surface area contributed by atoms with Crippen LogP contribution in [0.2, 0.25) is 0 Å². The van der Waals surface area contributed by atoms with Gasteiger partial charge in [-0.2, -0.15) is 0 Å². The first-order valence-electron chi connectivity index (χ1n) is 10.1. The summed E-state index contributed by atoms with van der Waals surface area (Å²) >= 11 is 0. The standard InChI is InChI=1S/C23H29N3O2/c1-15(2)24-23(28)26-12-11-18-21(14-27)25(3)20-10-9-17(13-19(20)22(18)26)16-7-5-4-6-8-16/h4-10,13,15,18,21-22,27H,11-12,14H2,1-3H3,(H,24,28)/t18-,21-,22-/m0/s1. The molecule has 28 heavy (non-hydrogen) atoms. The minimum absolute atomic E-state index is 0.00855. The highest BCUT2D eigenvalue weighted by Crippen LogP contribution is 2.49. The van der Waals surface area contributed by atoms with Crippen LogP contribution in [-0.2, 0) is 0 Å².